The Morgan fingerprint density at radius 2 is 1.87 bits per heavy atom. The molecule has 0 unspecified atom stereocenters. The Labute approximate surface area is 177 Å². The van der Waals surface area contributed by atoms with Crippen molar-refractivity contribution in [2.75, 3.05) is 18.4 Å². The minimum Gasteiger partial charge on any atom is -0.342 e. The Hall–Kier alpha value is -2.63. The number of aryl methyl sites for hydroxylation is 1. The van der Waals surface area contributed by atoms with Gasteiger partial charge in [0.25, 0.3) is 0 Å². The van der Waals surface area contributed by atoms with Crippen LogP contribution in [0.25, 0.3) is 0 Å². The molecule has 2 saturated carbocycles. The molecule has 6 heteroatoms. The molecule has 3 aliphatic rings. The number of rotatable bonds is 6. The summed E-state index contributed by atoms with van der Waals surface area (Å²) in [6.07, 6.45) is 9.61. The summed E-state index contributed by atoms with van der Waals surface area (Å²) in [5.41, 5.74) is 1.56. The third-order valence-electron chi connectivity index (χ3n) is 7.38. The van der Waals surface area contributed by atoms with Crippen LogP contribution >= 0.6 is 0 Å². The van der Waals surface area contributed by atoms with Crippen LogP contribution in [0.4, 0.5) is 5.82 Å². The zero-order valence-electron chi connectivity index (χ0n) is 17.4. The van der Waals surface area contributed by atoms with Crippen molar-refractivity contribution in [2.45, 2.75) is 57.4 Å². The molecule has 2 amide bonds. The van der Waals surface area contributed by atoms with Gasteiger partial charge in [0, 0.05) is 31.5 Å². The summed E-state index contributed by atoms with van der Waals surface area (Å²) in [7, 11) is 0. The number of likely N-dealkylation sites (tertiary alicyclic amines) is 1. The van der Waals surface area contributed by atoms with E-state index in [0.717, 1.165) is 50.2 Å². The number of carbonyl (C=O) groups excluding carboxylic acids is 2. The third kappa shape index (κ3) is 3.75. The Morgan fingerprint density at radius 1 is 1.10 bits per heavy atom. The monoisotopic (exact) mass is 406 g/mol. The zero-order chi connectivity index (χ0) is 20.6. The minimum atomic E-state index is 0.00717. The number of hydrogen-bond acceptors (Lipinski definition) is 3. The fourth-order valence-electron chi connectivity index (χ4n) is 5.24. The van der Waals surface area contributed by atoms with Gasteiger partial charge in [0.05, 0.1) is 12.2 Å². The molecule has 1 aliphatic heterocycles. The fraction of sp³-hybridized carbons (Fsp3) is 0.542. The molecule has 0 bridgehead atoms. The quantitative estimate of drug-likeness (QED) is 0.793. The van der Waals surface area contributed by atoms with E-state index < -0.39 is 0 Å². The van der Waals surface area contributed by atoms with E-state index in [0.29, 0.717) is 23.7 Å². The summed E-state index contributed by atoms with van der Waals surface area (Å²) in [5, 5.41) is 7.50. The third-order valence-corrected chi connectivity index (χ3v) is 7.38. The standard InChI is InChI=1S/C24H30N4O2/c29-22(8-7-18-5-2-1-3-6-18)26-21-9-14-25-28(21)19-10-15-27(16-11-19)23(30)20-17-24(20)12-4-13-24/h1-3,5-6,9,14,19-20H,4,7-8,10-13,15-17H2,(H,26,29)/t20-/m1/s1. The molecule has 1 aromatic carbocycles. The van der Waals surface area contributed by atoms with Gasteiger partial charge in [-0.3, -0.25) is 9.59 Å². The van der Waals surface area contributed by atoms with Crippen molar-refractivity contribution in [3.63, 3.8) is 0 Å². The Bertz CT molecular complexity index is 910. The van der Waals surface area contributed by atoms with Gasteiger partial charge in [0.2, 0.25) is 11.8 Å². The second-order valence-electron chi connectivity index (χ2n) is 9.22. The predicted molar refractivity (Wildman–Crippen MR) is 115 cm³/mol. The summed E-state index contributed by atoms with van der Waals surface area (Å²) >= 11 is 0. The van der Waals surface area contributed by atoms with Crippen molar-refractivity contribution in [3.05, 3.63) is 48.2 Å². The lowest BCUT2D eigenvalue weighted by atomic mass is 9.79. The highest BCUT2D eigenvalue weighted by atomic mass is 16.2. The van der Waals surface area contributed by atoms with Crippen LogP contribution in [0, 0.1) is 11.3 Å². The number of aromatic nitrogens is 2. The topological polar surface area (TPSA) is 67.2 Å². The summed E-state index contributed by atoms with van der Waals surface area (Å²) in [6, 6.07) is 12.1. The van der Waals surface area contributed by atoms with E-state index in [2.05, 4.69) is 15.3 Å². The number of hydrogen-bond donors (Lipinski definition) is 1. The molecule has 6 nitrogen and oxygen atoms in total. The van der Waals surface area contributed by atoms with Crippen molar-refractivity contribution in [1.82, 2.24) is 14.7 Å². The van der Waals surface area contributed by atoms with Gasteiger partial charge in [0.15, 0.2) is 0 Å². The lowest BCUT2D eigenvalue weighted by Gasteiger charge is -2.34. The van der Waals surface area contributed by atoms with Crippen molar-refractivity contribution < 1.29 is 9.59 Å². The Morgan fingerprint density at radius 3 is 2.53 bits per heavy atom. The second-order valence-corrected chi connectivity index (χ2v) is 9.22. The number of anilines is 1. The summed E-state index contributed by atoms with van der Waals surface area (Å²) in [4.78, 5) is 27.3. The van der Waals surface area contributed by atoms with Gasteiger partial charge in [-0.2, -0.15) is 5.10 Å². The highest BCUT2D eigenvalue weighted by Gasteiger charge is 2.61. The van der Waals surface area contributed by atoms with Crippen LogP contribution in [-0.4, -0.2) is 39.6 Å². The molecule has 2 aliphatic carbocycles. The van der Waals surface area contributed by atoms with E-state index in [9.17, 15) is 9.59 Å². The van der Waals surface area contributed by atoms with Crippen LogP contribution in [0.5, 0.6) is 0 Å². The van der Waals surface area contributed by atoms with Crippen molar-refractivity contribution in [1.29, 1.82) is 0 Å². The maximum Gasteiger partial charge on any atom is 0.226 e. The van der Waals surface area contributed by atoms with Crippen LogP contribution in [0.3, 0.4) is 0 Å². The second kappa shape index (κ2) is 7.89. The average molecular weight is 407 g/mol. The first-order valence-electron chi connectivity index (χ1n) is 11.3. The van der Waals surface area contributed by atoms with Gasteiger partial charge in [0.1, 0.15) is 5.82 Å². The molecule has 2 heterocycles. The van der Waals surface area contributed by atoms with Crippen molar-refractivity contribution in [3.8, 4) is 0 Å². The molecule has 1 saturated heterocycles. The number of nitrogens with zero attached hydrogens (tertiary/aromatic N) is 3. The van der Waals surface area contributed by atoms with E-state index in [4.69, 9.17) is 0 Å². The zero-order valence-corrected chi connectivity index (χ0v) is 17.4. The van der Waals surface area contributed by atoms with Crippen molar-refractivity contribution in [2.24, 2.45) is 11.3 Å². The average Bonchev–Trinajstić information content (AvgIpc) is 3.38. The van der Waals surface area contributed by atoms with Gasteiger partial charge in [-0.15, -0.1) is 0 Å². The SMILES string of the molecule is O=C(CCc1ccccc1)Nc1ccnn1C1CCN(C(=O)[C@H]2CC23CCC3)CC1. The maximum absolute atomic E-state index is 12.8. The molecule has 1 aromatic heterocycles. The Balaban J connectivity index is 1.13. The number of nitrogens with one attached hydrogen (secondary N) is 1. The predicted octanol–water partition coefficient (Wildman–Crippen LogP) is 3.81. The number of benzene rings is 1. The lowest BCUT2D eigenvalue weighted by Crippen LogP contribution is -2.41. The molecule has 30 heavy (non-hydrogen) atoms. The summed E-state index contributed by atoms with van der Waals surface area (Å²) < 4.78 is 1.94. The smallest absolute Gasteiger partial charge is 0.226 e. The summed E-state index contributed by atoms with van der Waals surface area (Å²) in [5.74, 6) is 1.44. The maximum atomic E-state index is 12.8. The highest BCUT2D eigenvalue weighted by molar-refractivity contribution is 5.90. The molecule has 158 valence electrons. The van der Waals surface area contributed by atoms with Crippen LogP contribution in [0.1, 0.15) is 56.6 Å². The molecule has 3 fully saturated rings. The first-order chi connectivity index (χ1) is 14.6. The molecule has 0 radical (unpaired) electrons. The van der Waals surface area contributed by atoms with Gasteiger partial charge < -0.3 is 10.2 Å². The van der Waals surface area contributed by atoms with Crippen LogP contribution in [0.15, 0.2) is 42.6 Å². The largest absolute Gasteiger partial charge is 0.342 e. The van der Waals surface area contributed by atoms with E-state index in [1.165, 1.54) is 19.3 Å². The normalized spacial score (nSPS) is 22.5. The molecule has 5 rings (SSSR count). The first-order valence-corrected chi connectivity index (χ1v) is 11.3. The van der Waals surface area contributed by atoms with Gasteiger partial charge >= 0.3 is 0 Å². The fourth-order valence-corrected chi connectivity index (χ4v) is 5.24. The van der Waals surface area contributed by atoms with Crippen LogP contribution in [0.2, 0.25) is 0 Å². The van der Waals surface area contributed by atoms with Gasteiger partial charge in [-0.05, 0) is 49.5 Å². The number of amides is 2. The molecule has 2 aromatic rings. The van der Waals surface area contributed by atoms with Crippen molar-refractivity contribution >= 4 is 17.6 Å². The Kier molecular flexibility index (Phi) is 5.09. The molecular formula is C24H30N4O2. The molecular weight excluding hydrogens is 376 g/mol. The molecule has 1 N–H and O–H groups in total. The van der Waals surface area contributed by atoms with E-state index >= 15 is 0 Å². The minimum absolute atomic E-state index is 0.00717. The molecule has 1 atom stereocenters. The summed E-state index contributed by atoms with van der Waals surface area (Å²) in [6.45, 7) is 1.58. The van der Waals surface area contributed by atoms with Gasteiger partial charge in [-0.1, -0.05) is 36.8 Å². The molecule has 1 spiro atoms. The van der Waals surface area contributed by atoms with E-state index in [-0.39, 0.29) is 11.9 Å². The number of piperidine rings is 1. The van der Waals surface area contributed by atoms with Crippen LogP contribution < -0.4 is 5.32 Å². The van der Waals surface area contributed by atoms with Crippen LogP contribution in [-0.2, 0) is 16.0 Å². The number of carbonyl (C=O) groups is 2. The van der Waals surface area contributed by atoms with E-state index in [1.807, 2.05) is 41.1 Å². The lowest BCUT2D eigenvalue weighted by molar-refractivity contribution is -0.135. The highest BCUT2D eigenvalue weighted by Crippen LogP contribution is 2.66. The first kappa shape index (κ1) is 19.3. The van der Waals surface area contributed by atoms with E-state index in [1.54, 1.807) is 6.20 Å². The van der Waals surface area contributed by atoms with Gasteiger partial charge in [-0.25, -0.2) is 4.68 Å².